The maximum Gasteiger partial charge on any atom is 0.146 e. The molecule has 100 valence electrons. The predicted octanol–water partition coefficient (Wildman–Crippen LogP) is 3.44. The first-order valence-electron chi connectivity index (χ1n) is 6.44. The quantitative estimate of drug-likeness (QED) is 0.927. The molecule has 0 aromatic heterocycles. The number of nitriles is 1. The van der Waals surface area contributed by atoms with Gasteiger partial charge in [0.15, 0.2) is 0 Å². The first-order chi connectivity index (χ1) is 9.78. The maximum absolute atomic E-state index is 13.6. The van der Waals surface area contributed by atoms with Crippen LogP contribution < -0.4 is 10.1 Å². The summed E-state index contributed by atoms with van der Waals surface area (Å²) in [4.78, 5) is 0. The number of hydrogen-bond acceptors (Lipinski definition) is 3. The fourth-order valence-corrected chi connectivity index (χ4v) is 2.31. The third kappa shape index (κ3) is 2.30. The molecular weight excluding hydrogens is 255 g/mol. The third-order valence-electron chi connectivity index (χ3n) is 3.35. The molecule has 0 bridgehead atoms. The molecule has 3 rings (SSSR count). The molecule has 3 nitrogen and oxygen atoms in total. The smallest absolute Gasteiger partial charge is 0.146 e. The van der Waals surface area contributed by atoms with E-state index in [-0.39, 0.29) is 5.82 Å². The van der Waals surface area contributed by atoms with Crippen LogP contribution in [0.3, 0.4) is 0 Å². The Morgan fingerprint density at radius 3 is 2.90 bits per heavy atom. The van der Waals surface area contributed by atoms with E-state index in [1.165, 1.54) is 6.07 Å². The van der Waals surface area contributed by atoms with E-state index in [0.717, 1.165) is 23.3 Å². The van der Waals surface area contributed by atoms with Gasteiger partial charge in [-0.15, -0.1) is 0 Å². The van der Waals surface area contributed by atoms with E-state index in [0.29, 0.717) is 12.3 Å². The minimum Gasteiger partial charge on any atom is -0.493 e. The van der Waals surface area contributed by atoms with Crippen molar-refractivity contribution >= 4 is 5.69 Å². The van der Waals surface area contributed by atoms with Gasteiger partial charge in [0.2, 0.25) is 0 Å². The molecule has 0 radical (unpaired) electrons. The van der Waals surface area contributed by atoms with Crippen molar-refractivity contribution in [1.29, 1.82) is 5.26 Å². The summed E-state index contributed by atoms with van der Waals surface area (Å²) in [6.07, 6.45) is 0.848. The summed E-state index contributed by atoms with van der Waals surface area (Å²) >= 11 is 0. The highest BCUT2D eigenvalue weighted by Gasteiger charge is 2.17. The molecule has 0 aliphatic carbocycles. The molecule has 1 N–H and O–H groups in total. The van der Waals surface area contributed by atoms with Gasteiger partial charge in [-0.1, -0.05) is 18.2 Å². The van der Waals surface area contributed by atoms with E-state index in [2.05, 4.69) is 11.4 Å². The van der Waals surface area contributed by atoms with Gasteiger partial charge in [0.05, 0.1) is 18.4 Å². The lowest BCUT2D eigenvalue weighted by atomic mass is 10.0. The number of fused-ring (bicyclic) bond motifs is 1. The second-order valence-electron chi connectivity index (χ2n) is 4.65. The van der Waals surface area contributed by atoms with Gasteiger partial charge in [-0.05, 0) is 35.4 Å². The Labute approximate surface area is 116 Å². The predicted molar refractivity (Wildman–Crippen MR) is 74.0 cm³/mol. The van der Waals surface area contributed by atoms with Crippen molar-refractivity contribution in [3.63, 3.8) is 0 Å². The van der Waals surface area contributed by atoms with Crippen LogP contribution >= 0.6 is 0 Å². The zero-order valence-corrected chi connectivity index (χ0v) is 10.8. The van der Waals surface area contributed by atoms with Gasteiger partial charge in [-0.3, -0.25) is 0 Å². The number of ether oxygens (including phenoxy) is 1. The van der Waals surface area contributed by atoms with Crippen LogP contribution in [-0.2, 0) is 6.42 Å². The Morgan fingerprint density at radius 1 is 1.25 bits per heavy atom. The number of nitrogens with one attached hydrogen (secondary N) is 1. The molecule has 1 aliphatic rings. The molecule has 1 unspecified atom stereocenters. The summed E-state index contributed by atoms with van der Waals surface area (Å²) in [6, 6.07) is 13.6. The number of halogens is 1. The minimum atomic E-state index is -0.585. The summed E-state index contributed by atoms with van der Waals surface area (Å²) in [5.74, 6) is 0.508. The summed E-state index contributed by atoms with van der Waals surface area (Å²) < 4.78 is 19.1. The van der Waals surface area contributed by atoms with Gasteiger partial charge >= 0.3 is 0 Å². The van der Waals surface area contributed by atoms with Crippen molar-refractivity contribution in [2.75, 3.05) is 11.9 Å². The lowest BCUT2D eigenvalue weighted by Gasteiger charge is -2.14. The van der Waals surface area contributed by atoms with E-state index in [4.69, 9.17) is 4.74 Å². The van der Waals surface area contributed by atoms with Gasteiger partial charge < -0.3 is 10.1 Å². The zero-order valence-electron chi connectivity index (χ0n) is 10.8. The molecule has 2 aromatic carbocycles. The lowest BCUT2D eigenvalue weighted by Crippen LogP contribution is -2.09. The molecule has 4 heteroatoms. The molecule has 1 aliphatic heterocycles. The highest BCUT2D eigenvalue weighted by atomic mass is 19.1. The van der Waals surface area contributed by atoms with Gasteiger partial charge in [-0.25, -0.2) is 4.39 Å². The molecule has 2 aromatic rings. The topological polar surface area (TPSA) is 45.0 Å². The Bertz CT molecular complexity index is 678. The Morgan fingerprint density at radius 2 is 2.10 bits per heavy atom. The van der Waals surface area contributed by atoms with E-state index in [9.17, 15) is 9.65 Å². The molecular formula is C16H13FN2O. The number of para-hydroxylation sites is 1. The highest BCUT2D eigenvalue weighted by Crippen LogP contribution is 2.29. The van der Waals surface area contributed by atoms with E-state index >= 15 is 0 Å². The first kappa shape index (κ1) is 12.5. The molecule has 0 fully saturated rings. The second-order valence-corrected chi connectivity index (χ2v) is 4.65. The van der Waals surface area contributed by atoms with Crippen molar-refractivity contribution in [1.82, 2.24) is 0 Å². The van der Waals surface area contributed by atoms with Crippen LogP contribution in [0.15, 0.2) is 42.5 Å². The zero-order chi connectivity index (χ0) is 13.9. The van der Waals surface area contributed by atoms with Crippen molar-refractivity contribution in [2.45, 2.75) is 12.5 Å². The lowest BCUT2D eigenvalue weighted by molar-refractivity contribution is 0.357. The Hall–Kier alpha value is -2.54. The van der Waals surface area contributed by atoms with Crippen LogP contribution in [0.25, 0.3) is 0 Å². The third-order valence-corrected chi connectivity index (χ3v) is 3.35. The van der Waals surface area contributed by atoms with Crippen LogP contribution in [0.2, 0.25) is 0 Å². The van der Waals surface area contributed by atoms with E-state index in [1.807, 2.05) is 18.2 Å². The number of anilines is 1. The van der Waals surface area contributed by atoms with Crippen molar-refractivity contribution in [3.8, 4) is 11.8 Å². The number of benzene rings is 2. The minimum absolute atomic E-state index is 0.329. The standard InChI is InChI=1S/C16H13FN2O/c17-13-3-1-2-4-14(13)19-15(10-18)11-5-6-16-12(9-11)7-8-20-16/h1-6,9,15,19H,7-8H2. The van der Waals surface area contributed by atoms with Gasteiger partial charge in [0.1, 0.15) is 17.6 Å². The summed E-state index contributed by atoms with van der Waals surface area (Å²) in [5, 5.41) is 12.2. The summed E-state index contributed by atoms with van der Waals surface area (Å²) in [5.41, 5.74) is 2.24. The summed E-state index contributed by atoms with van der Waals surface area (Å²) in [7, 11) is 0. The van der Waals surface area contributed by atoms with E-state index < -0.39 is 6.04 Å². The van der Waals surface area contributed by atoms with Crippen molar-refractivity contribution in [2.24, 2.45) is 0 Å². The molecule has 0 saturated carbocycles. The largest absolute Gasteiger partial charge is 0.493 e. The average molecular weight is 268 g/mol. The van der Waals surface area contributed by atoms with Crippen molar-refractivity contribution < 1.29 is 9.13 Å². The maximum atomic E-state index is 13.6. The SMILES string of the molecule is N#CC(Nc1ccccc1F)c1ccc2c(c1)CCO2. The number of nitrogens with zero attached hydrogens (tertiary/aromatic N) is 1. The monoisotopic (exact) mass is 268 g/mol. The van der Waals surface area contributed by atoms with Crippen LogP contribution in [-0.4, -0.2) is 6.61 Å². The van der Waals surface area contributed by atoms with Crippen LogP contribution in [0.4, 0.5) is 10.1 Å². The normalized spacial score (nSPS) is 14.0. The Kier molecular flexibility index (Phi) is 3.26. The fourth-order valence-electron chi connectivity index (χ4n) is 2.31. The second kappa shape index (κ2) is 5.22. The van der Waals surface area contributed by atoms with E-state index in [1.54, 1.807) is 18.2 Å². The Balaban J connectivity index is 1.87. The first-order valence-corrected chi connectivity index (χ1v) is 6.44. The number of rotatable bonds is 3. The average Bonchev–Trinajstić information content (AvgIpc) is 2.94. The molecule has 1 heterocycles. The highest BCUT2D eigenvalue weighted by molar-refractivity contribution is 5.50. The molecule has 0 saturated heterocycles. The molecule has 20 heavy (non-hydrogen) atoms. The fraction of sp³-hybridized carbons (Fsp3) is 0.188. The number of hydrogen-bond donors (Lipinski definition) is 1. The molecule has 0 amide bonds. The van der Waals surface area contributed by atoms with Crippen LogP contribution in [0.1, 0.15) is 17.2 Å². The van der Waals surface area contributed by atoms with Crippen LogP contribution in [0, 0.1) is 17.1 Å². The molecule has 1 atom stereocenters. The van der Waals surface area contributed by atoms with Gasteiger partial charge in [0.25, 0.3) is 0 Å². The van der Waals surface area contributed by atoms with Gasteiger partial charge in [-0.2, -0.15) is 5.26 Å². The van der Waals surface area contributed by atoms with Crippen LogP contribution in [0.5, 0.6) is 5.75 Å². The van der Waals surface area contributed by atoms with Gasteiger partial charge in [0, 0.05) is 6.42 Å². The van der Waals surface area contributed by atoms with Crippen molar-refractivity contribution in [3.05, 3.63) is 59.4 Å². The molecule has 0 spiro atoms. The summed E-state index contributed by atoms with van der Waals surface area (Å²) in [6.45, 7) is 0.677.